The Kier molecular flexibility index (Phi) is 3.66. The summed E-state index contributed by atoms with van der Waals surface area (Å²) in [4.78, 5) is 13.1. The molecule has 3 heterocycles. The zero-order valence-corrected chi connectivity index (χ0v) is 13.1. The first-order valence-corrected chi connectivity index (χ1v) is 7.95. The Morgan fingerprint density at radius 2 is 1.96 bits per heavy atom. The Bertz CT molecular complexity index is 853. The second-order valence-corrected chi connectivity index (χ2v) is 5.82. The van der Waals surface area contributed by atoms with Crippen LogP contribution in [0.4, 0.5) is 23.1 Å². The molecule has 0 saturated carbocycles. The molecule has 0 spiro atoms. The van der Waals surface area contributed by atoms with Crippen LogP contribution in [0, 0.1) is 0 Å². The van der Waals surface area contributed by atoms with Crippen molar-refractivity contribution in [1.29, 1.82) is 0 Å². The molecule has 1 aliphatic rings. The summed E-state index contributed by atoms with van der Waals surface area (Å²) in [5.41, 5.74) is 14.5. The third-order valence-corrected chi connectivity index (χ3v) is 4.08. The molecule has 1 atom stereocenters. The lowest BCUT2D eigenvalue weighted by molar-refractivity contribution is -0.0298. The van der Waals surface area contributed by atoms with E-state index in [-0.39, 0.29) is 12.2 Å². The standard InChI is InChI=1S/C16H19N7O/c17-10-4-6-11(7-5-10)20-14-13-15(22-16(18)21-14)23(9-19-13)12-3-1-2-8-24-12/h4-7,9,12H,1-3,8,17H2,(H3,18,20,21,22). The van der Waals surface area contributed by atoms with Gasteiger partial charge in [0.05, 0.1) is 6.33 Å². The summed E-state index contributed by atoms with van der Waals surface area (Å²) in [7, 11) is 0. The molecule has 1 unspecified atom stereocenters. The van der Waals surface area contributed by atoms with Crippen LogP contribution in [-0.2, 0) is 4.74 Å². The maximum absolute atomic E-state index is 5.90. The van der Waals surface area contributed by atoms with Crippen LogP contribution >= 0.6 is 0 Å². The number of rotatable bonds is 3. The molecule has 1 fully saturated rings. The van der Waals surface area contributed by atoms with Gasteiger partial charge in [-0.15, -0.1) is 0 Å². The number of nitrogen functional groups attached to an aromatic ring is 2. The minimum Gasteiger partial charge on any atom is -0.399 e. The number of aromatic nitrogens is 4. The fourth-order valence-corrected chi connectivity index (χ4v) is 2.88. The molecule has 1 aliphatic heterocycles. The van der Waals surface area contributed by atoms with Crippen molar-refractivity contribution in [2.75, 3.05) is 23.4 Å². The summed E-state index contributed by atoms with van der Waals surface area (Å²) >= 11 is 0. The van der Waals surface area contributed by atoms with E-state index in [0.29, 0.717) is 22.7 Å². The molecule has 124 valence electrons. The monoisotopic (exact) mass is 325 g/mol. The van der Waals surface area contributed by atoms with Crippen molar-refractivity contribution in [3.63, 3.8) is 0 Å². The number of nitrogens with zero attached hydrogens (tertiary/aromatic N) is 4. The summed E-state index contributed by atoms with van der Waals surface area (Å²) in [5, 5.41) is 3.23. The van der Waals surface area contributed by atoms with E-state index in [9.17, 15) is 0 Å². The smallest absolute Gasteiger partial charge is 0.224 e. The van der Waals surface area contributed by atoms with Crippen LogP contribution < -0.4 is 16.8 Å². The number of nitrogens with two attached hydrogens (primary N) is 2. The van der Waals surface area contributed by atoms with Gasteiger partial charge in [-0.1, -0.05) is 0 Å². The average molecular weight is 325 g/mol. The second-order valence-electron chi connectivity index (χ2n) is 5.82. The normalized spacial score (nSPS) is 17.9. The second kappa shape index (κ2) is 5.97. The van der Waals surface area contributed by atoms with E-state index in [4.69, 9.17) is 16.2 Å². The summed E-state index contributed by atoms with van der Waals surface area (Å²) < 4.78 is 7.76. The summed E-state index contributed by atoms with van der Waals surface area (Å²) in [6.45, 7) is 0.751. The molecule has 8 heteroatoms. The maximum Gasteiger partial charge on any atom is 0.224 e. The van der Waals surface area contributed by atoms with E-state index in [0.717, 1.165) is 31.6 Å². The molecule has 0 bridgehead atoms. The zero-order valence-electron chi connectivity index (χ0n) is 13.1. The Morgan fingerprint density at radius 1 is 1.12 bits per heavy atom. The van der Waals surface area contributed by atoms with Crippen molar-refractivity contribution in [3.05, 3.63) is 30.6 Å². The van der Waals surface area contributed by atoms with Gasteiger partial charge in [0, 0.05) is 18.0 Å². The van der Waals surface area contributed by atoms with E-state index in [1.807, 2.05) is 28.8 Å². The largest absolute Gasteiger partial charge is 0.399 e. The van der Waals surface area contributed by atoms with Crippen molar-refractivity contribution >= 4 is 34.3 Å². The van der Waals surface area contributed by atoms with E-state index >= 15 is 0 Å². The Morgan fingerprint density at radius 3 is 2.71 bits per heavy atom. The van der Waals surface area contributed by atoms with Crippen LogP contribution in [-0.4, -0.2) is 26.1 Å². The Labute approximate surface area is 138 Å². The minimum absolute atomic E-state index is 0.0533. The van der Waals surface area contributed by atoms with Crippen LogP contribution in [0.25, 0.3) is 11.2 Å². The van der Waals surface area contributed by atoms with Gasteiger partial charge in [-0.3, -0.25) is 4.57 Å². The minimum atomic E-state index is -0.0533. The van der Waals surface area contributed by atoms with Crippen LogP contribution in [0.3, 0.4) is 0 Å². The number of hydrogen-bond donors (Lipinski definition) is 3. The van der Waals surface area contributed by atoms with Crippen molar-refractivity contribution in [2.45, 2.75) is 25.5 Å². The maximum atomic E-state index is 5.90. The third-order valence-electron chi connectivity index (χ3n) is 4.08. The molecular weight excluding hydrogens is 306 g/mol. The number of nitrogens with one attached hydrogen (secondary N) is 1. The molecule has 5 N–H and O–H groups in total. The van der Waals surface area contributed by atoms with Crippen molar-refractivity contribution in [3.8, 4) is 0 Å². The van der Waals surface area contributed by atoms with Gasteiger partial charge < -0.3 is 21.5 Å². The highest BCUT2D eigenvalue weighted by Gasteiger charge is 2.21. The lowest BCUT2D eigenvalue weighted by Crippen LogP contribution is -2.18. The number of hydrogen-bond acceptors (Lipinski definition) is 7. The lowest BCUT2D eigenvalue weighted by atomic mass is 10.2. The highest BCUT2D eigenvalue weighted by Crippen LogP contribution is 2.29. The van der Waals surface area contributed by atoms with Crippen LogP contribution in [0.1, 0.15) is 25.5 Å². The summed E-state index contributed by atoms with van der Waals surface area (Å²) in [5.74, 6) is 0.759. The van der Waals surface area contributed by atoms with Crippen LogP contribution in [0.5, 0.6) is 0 Å². The van der Waals surface area contributed by atoms with Gasteiger partial charge in [0.2, 0.25) is 5.95 Å². The first-order chi connectivity index (χ1) is 11.7. The van der Waals surface area contributed by atoms with Crippen molar-refractivity contribution in [2.24, 2.45) is 0 Å². The molecule has 24 heavy (non-hydrogen) atoms. The predicted molar refractivity (Wildman–Crippen MR) is 92.7 cm³/mol. The van der Waals surface area contributed by atoms with E-state index in [1.54, 1.807) is 6.33 Å². The third kappa shape index (κ3) is 2.71. The Hall–Kier alpha value is -2.87. The summed E-state index contributed by atoms with van der Waals surface area (Å²) in [6, 6.07) is 7.39. The molecule has 2 aromatic heterocycles. The number of anilines is 4. The van der Waals surface area contributed by atoms with Crippen LogP contribution in [0.2, 0.25) is 0 Å². The van der Waals surface area contributed by atoms with Gasteiger partial charge in [-0.2, -0.15) is 9.97 Å². The fourth-order valence-electron chi connectivity index (χ4n) is 2.88. The molecular formula is C16H19N7O. The molecule has 8 nitrogen and oxygen atoms in total. The zero-order chi connectivity index (χ0) is 16.5. The van der Waals surface area contributed by atoms with Gasteiger partial charge in [0.1, 0.15) is 6.23 Å². The first kappa shape index (κ1) is 14.7. The Balaban J connectivity index is 1.73. The summed E-state index contributed by atoms with van der Waals surface area (Å²) in [6.07, 6.45) is 4.84. The number of ether oxygens (including phenoxy) is 1. The molecule has 3 aromatic rings. The van der Waals surface area contributed by atoms with Gasteiger partial charge in [-0.25, -0.2) is 4.98 Å². The first-order valence-electron chi connectivity index (χ1n) is 7.95. The topological polar surface area (TPSA) is 117 Å². The molecule has 0 radical (unpaired) electrons. The molecule has 4 rings (SSSR count). The molecule has 1 aromatic carbocycles. The molecule has 0 aliphatic carbocycles. The number of imidazole rings is 1. The van der Waals surface area contributed by atoms with E-state index in [2.05, 4.69) is 20.3 Å². The van der Waals surface area contributed by atoms with Crippen molar-refractivity contribution < 1.29 is 4.74 Å². The van der Waals surface area contributed by atoms with Gasteiger partial charge in [0.25, 0.3) is 0 Å². The average Bonchev–Trinajstić information content (AvgIpc) is 3.01. The lowest BCUT2D eigenvalue weighted by Gasteiger charge is -2.23. The number of benzene rings is 1. The van der Waals surface area contributed by atoms with Gasteiger partial charge >= 0.3 is 0 Å². The van der Waals surface area contributed by atoms with E-state index in [1.165, 1.54) is 0 Å². The quantitative estimate of drug-likeness (QED) is 0.633. The fraction of sp³-hybridized carbons (Fsp3) is 0.312. The van der Waals surface area contributed by atoms with Crippen molar-refractivity contribution in [1.82, 2.24) is 19.5 Å². The molecule has 0 amide bonds. The van der Waals surface area contributed by atoms with Gasteiger partial charge in [-0.05, 0) is 43.5 Å². The van der Waals surface area contributed by atoms with Gasteiger partial charge in [0.15, 0.2) is 17.0 Å². The SMILES string of the molecule is Nc1ccc(Nc2nc(N)nc3c2ncn3C2CCCCO2)cc1. The number of fused-ring (bicyclic) bond motifs is 1. The predicted octanol–water partition coefficient (Wildman–Crippen LogP) is 2.43. The highest BCUT2D eigenvalue weighted by atomic mass is 16.5. The van der Waals surface area contributed by atoms with E-state index < -0.39 is 0 Å². The highest BCUT2D eigenvalue weighted by molar-refractivity contribution is 5.86. The van der Waals surface area contributed by atoms with Crippen LogP contribution in [0.15, 0.2) is 30.6 Å². The molecule has 1 saturated heterocycles.